The highest BCUT2D eigenvalue weighted by molar-refractivity contribution is 7.07. The molecule has 0 aliphatic heterocycles. The zero-order valence-corrected chi connectivity index (χ0v) is 55.0. The Kier molecular flexibility index (Phi) is 355. The van der Waals surface area contributed by atoms with E-state index in [9.17, 15) is 0 Å². The van der Waals surface area contributed by atoms with Crippen molar-refractivity contribution in [1.29, 1.82) is 0 Å². The molecule has 72 heavy (non-hydrogen) atoms. The third kappa shape index (κ3) is 218. The lowest BCUT2D eigenvalue weighted by Gasteiger charge is -1.50. The normalized spacial score (nSPS) is 5.78. The zero-order chi connectivity index (χ0) is 60.3. The van der Waals surface area contributed by atoms with Crippen LogP contribution in [0.2, 0.25) is 0 Å². The van der Waals surface area contributed by atoms with Crippen LogP contribution in [0.3, 0.4) is 0 Å². The maximum atomic E-state index is 4.58. The molecule has 0 unspecified atom stereocenters. The van der Waals surface area contributed by atoms with Crippen molar-refractivity contribution in [3.8, 4) is 0 Å². The van der Waals surface area contributed by atoms with Crippen molar-refractivity contribution in [3.05, 3.63) is 164 Å². The first-order chi connectivity index (χ1) is 36.0. The average Bonchev–Trinajstić information content (AvgIpc) is 4.39. The molecule has 432 valence electrons. The van der Waals surface area contributed by atoms with Crippen LogP contribution in [-0.2, 0) is 0 Å². The third-order valence-corrected chi connectivity index (χ3v) is 4.35. The molecule has 0 amide bonds. The second kappa shape index (κ2) is 228. The van der Waals surface area contributed by atoms with Crippen molar-refractivity contribution in [2.45, 2.75) is 222 Å². The van der Waals surface area contributed by atoms with E-state index in [2.05, 4.69) is 53.0 Å². The van der Waals surface area contributed by atoms with Gasteiger partial charge in [-0.25, -0.2) is 14.3 Å². The quantitative estimate of drug-likeness (QED) is 0.136. The fourth-order valence-corrected chi connectivity index (χ4v) is 2.49. The number of oxazole rings is 1. The average molecular weight is 1060 g/mol. The van der Waals surface area contributed by atoms with Crippen molar-refractivity contribution in [2.24, 2.45) is 0 Å². The van der Waals surface area contributed by atoms with E-state index in [1.165, 1.54) is 30.5 Å². The first kappa shape index (κ1) is 112. The van der Waals surface area contributed by atoms with Crippen LogP contribution in [0.15, 0.2) is 178 Å². The number of thiophene rings is 1. The Labute approximate surface area is 459 Å². The fraction of sp³-hybridized carbons (Fsp3) is 0.542. The SMILES string of the molecule is CC.CC.CC.CC.CC.CC.CC.CC.CC.CC.CC.CC.CC.CC.CC.CC.c1c[nH]cn1.c1cc[nH]c1.c1ccoc1.c1ccsc1.c1cn[nH]c1.c1cnoc1.c1cnsc1.c1cocn1. The first-order valence-electron chi connectivity index (χ1n) is 27.4. The minimum absolute atomic E-state index is 1.38. The lowest BCUT2D eigenvalue weighted by atomic mass is 10.7. The molecule has 0 radical (unpaired) electrons. The largest absolute Gasteiger partial charge is 0.473 e. The summed E-state index contributed by atoms with van der Waals surface area (Å²) in [6.07, 6.45) is 24.9. The molecule has 11 nitrogen and oxygen atoms in total. The number of nitrogens with zero attached hydrogens (tertiary/aromatic N) is 5. The number of aromatic nitrogens is 8. The molecule has 8 aromatic heterocycles. The van der Waals surface area contributed by atoms with Gasteiger partial charge in [-0.3, -0.25) is 5.10 Å². The zero-order valence-electron chi connectivity index (χ0n) is 53.4. The molecule has 0 spiro atoms. The van der Waals surface area contributed by atoms with Crippen molar-refractivity contribution in [3.63, 3.8) is 0 Å². The van der Waals surface area contributed by atoms with Crippen LogP contribution in [0.5, 0.6) is 0 Å². The minimum Gasteiger partial charge on any atom is -0.473 e. The molecular weight excluding hydrogens is 933 g/mol. The lowest BCUT2D eigenvalue weighted by molar-refractivity contribution is 0.420. The van der Waals surface area contributed by atoms with E-state index in [-0.39, 0.29) is 0 Å². The summed E-state index contributed by atoms with van der Waals surface area (Å²) < 4.78 is 17.2. The summed E-state index contributed by atoms with van der Waals surface area (Å²) in [6, 6.07) is 17.1. The number of H-pyrrole nitrogens is 3. The Hall–Kier alpha value is -5.27. The molecule has 0 aliphatic carbocycles. The number of furan rings is 1. The molecule has 0 saturated heterocycles. The number of imidazole rings is 1. The summed E-state index contributed by atoms with van der Waals surface area (Å²) in [5.41, 5.74) is 0. The topological polar surface area (TPSA) is 151 Å². The van der Waals surface area contributed by atoms with Crippen molar-refractivity contribution < 1.29 is 13.4 Å². The molecule has 0 fully saturated rings. The second-order valence-corrected chi connectivity index (χ2v) is 7.56. The number of nitrogens with one attached hydrogen (secondary N) is 3. The molecule has 0 aromatic carbocycles. The Morgan fingerprint density at radius 1 is 0.333 bits per heavy atom. The molecule has 0 bridgehead atoms. The Bertz CT molecular complexity index is 834. The smallest absolute Gasteiger partial charge is 0.180 e. The summed E-state index contributed by atoms with van der Waals surface area (Å²) in [5, 5.41) is 15.6. The van der Waals surface area contributed by atoms with Crippen LogP contribution in [0.4, 0.5) is 0 Å². The van der Waals surface area contributed by atoms with Gasteiger partial charge >= 0.3 is 0 Å². The van der Waals surface area contributed by atoms with Gasteiger partial charge in [-0.1, -0.05) is 239 Å². The van der Waals surface area contributed by atoms with E-state index < -0.39 is 0 Å². The van der Waals surface area contributed by atoms with Gasteiger partial charge in [0.25, 0.3) is 0 Å². The van der Waals surface area contributed by atoms with E-state index in [4.69, 9.17) is 0 Å². The molecule has 3 N–H and O–H groups in total. The summed E-state index contributed by atoms with van der Waals surface area (Å²) >= 11 is 3.18. The standard InChI is InChI=1S/C4H5N.C4H4O.C4H4S.2C3H4N2.2C3H3NO.C3H3NS.16C2H6/c3*1-2-4-5-3-1;1-2-5-3-4-1;1-2-4-5-3-1;1-2-5-3-4-1;2*1-2-4-5-3-1;16*1-2/h1-5H;2*1-4H;2*1-3H,(H,4,5);3*1-3H;16*1-2H3. The van der Waals surface area contributed by atoms with E-state index in [0.717, 1.165) is 0 Å². The van der Waals surface area contributed by atoms with Gasteiger partial charge in [0, 0.05) is 48.8 Å². The maximum absolute atomic E-state index is 4.58. The van der Waals surface area contributed by atoms with Gasteiger partial charge in [-0.2, -0.15) is 16.4 Å². The molecule has 8 aromatic rings. The predicted molar refractivity (Wildman–Crippen MR) is 338 cm³/mol. The van der Waals surface area contributed by atoms with Crippen LogP contribution in [0.1, 0.15) is 222 Å². The van der Waals surface area contributed by atoms with Gasteiger partial charge in [0.1, 0.15) is 12.5 Å². The highest BCUT2D eigenvalue weighted by Gasteiger charge is 1.62. The number of rotatable bonds is 0. The maximum Gasteiger partial charge on any atom is 0.180 e. The van der Waals surface area contributed by atoms with Crippen LogP contribution in [0.25, 0.3) is 0 Å². The van der Waals surface area contributed by atoms with Gasteiger partial charge in [0.2, 0.25) is 0 Å². The van der Waals surface area contributed by atoms with Gasteiger partial charge in [0.15, 0.2) is 6.39 Å². The molecule has 0 atom stereocenters. The molecule has 0 saturated carbocycles. The van der Waals surface area contributed by atoms with Crippen molar-refractivity contribution >= 4 is 22.9 Å². The summed E-state index contributed by atoms with van der Waals surface area (Å²) in [7, 11) is 0. The van der Waals surface area contributed by atoms with Crippen molar-refractivity contribution in [2.75, 3.05) is 0 Å². The highest BCUT2D eigenvalue weighted by Crippen LogP contribution is 1.91. The Balaban J connectivity index is -0.0000000330. The van der Waals surface area contributed by atoms with Gasteiger partial charge in [-0.05, 0) is 64.8 Å². The lowest BCUT2D eigenvalue weighted by Crippen LogP contribution is -1.53. The van der Waals surface area contributed by atoms with E-state index >= 15 is 0 Å². The van der Waals surface area contributed by atoms with Crippen LogP contribution >= 0.6 is 22.9 Å². The second-order valence-electron chi connectivity index (χ2n) is 6.05. The summed E-state index contributed by atoms with van der Waals surface area (Å²) in [6.45, 7) is 64.0. The van der Waals surface area contributed by atoms with E-state index in [1.54, 1.807) is 79.6 Å². The number of hydrogen-bond donors (Lipinski definition) is 3. The van der Waals surface area contributed by atoms with Gasteiger partial charge < -0.3 is 23.3 Å². The molecule has 13 heteroatoms. The fourth-order valence-electron chi connectivity index (χ4n) is 1.69. The summed E-state index contributed by atoms with van der Waals surface area (Å²) in [5.74, 6) is 0. The van der Waals surface area contributed by atoms with E-state index in [0.29, 0.717) is 0 Å². The van der Waals surface area contributed by atoms with Crippen LogP contribution in [0, 0.1) is 0 Å². The van der Waals surface area contributed by atoms with Crippen LogP contribution < -0.4 is 0 Å². The number of hydrogen-bond acceptors (Lipinski definition) is 10. The van der Waals surface area contributed by atoms with Crippen molar-refractivity contribution in [1.82, 2.24) is 39.7 Å². The Morgan fingerprint density at radius 2 is 0.806 bits per heavy atom. The Morgan fingerprint density at radius 3 is 0.917 bits per heavy atom. The molecular formula is C59H126N8O3S2. The monoisotopic (exact) mass is 1060 g/mol. The van der Waals surface area contributed by atoms with Gasteiger partial charge in [-0.15, -0.1) is 0 Å². The predicted octanol–water partition coefficient (Wildman–Crippen LogP) is 23.8. The van der Waals surface area contributed by atoms with Crippen LogP contribution in [-0.4, -0.2) is 39.7 Å². The first-order valence-corrected chi connectivity index (χ1v) is 29.2. The third-order valence-electron chi connectivity index (χ3n) is 3.20. The van der Waals surface area contributed by atoms with Gasteiger partial charge in [0.05, 0.1) is 31.2 Å². The molecule has 8 heterocycles. The van der Waals surface area contributed by atoms with E-state index in [1.807, 2.05) is 299 Å². The number of aromatic amines is 3. The molecule has 8 rings (SSSR count). The minimum atomic E-state index is 1.38. The molecule has 0 aliphatic rings. The highest BCUT2D eigenvalue weighted by atomic mass is 32.1. The summed E-state index contributed by atoms with van der Waals surface area (Å²) in [4.78, 5) is 12.8.